The molecule has 174 valence electrons. The molecule has 0 aliphatic carbocycles. The fraction of sp³-hybridized carbons (Fsp3) is 0.174. The van der Waals surface area contributed by atoms with Gasteiger partial charge in [0.05, 0.1) is 28.1 Å². The van der Waals surface area contributed by atoms with Crippen LogP contribution in [-0.4, -0.2) is 33.4 Å². The number of nitrogens with zero attached hydrogens (tertiary/aromatic N) is 2. The maximum atomic E-state index is 12.4. The van der Waals surface area contributed by atoms with Crippen LogP contribution in [0.25, 0.3) is 10.2 Å². The van der Waals surface area contributed by atoms with E-state index in [9.17, 15) is 14.4 Å². The highest BCUT2D eigenvalue weighted by molar-refractivity contribution is 8.01. The Hall–Kier alpha value is -3.28. The van der Waals surface area contributed by atoms with Crippen LogP contribution in [0.1, 0.15) is 18.2 Å². The van der Waals surface area contributed by atoms with E-state index in [0.717, 1.165) is 20.1 Å². The van der Waals surface area contributed by atoms with Crippen molar-refractivity contribution < 1.29 is 14.4 Å². The smallest absolute Gasteiger partial charge is 0.234 e. The number of para-hydroxylation sites is 1. The third-order valence-corrected chi connectivity index (χ3v) is 7.56. The summed E-state index contributed by atoms with van der Waals surface area (Å²) in [6.45, 7) is 3.43. The number of nitrogens with one attached hydrogen (secondary N) is 3. The Kier molecular flexibility index (Phi) is 7.56. The van der Waals surface area contributed by atoms with Crippen LogP contribution in [0.2, 0.25) is 0 Å². The lowest BCUT2D eigenvalue weighted by Crippen LogP contribution is -2.14. The highest BCUT2D eigenvalue weighted by atomic mass is 32.2. The monoisotopic (exact) mass is 511 g/mol. The van der Waals surface area contributed by atoms with E-state index in [4.69, 9.17) is 0 Å². The molecule has 0 fully saturated rings. The zero-order valence-electron chi connectivity index (χ0n) is 18.4. The lowest BCUT2D eigenvalue weighted by molar-refractivity contribution is -0.116. The average Bonchev–Trinajstić information content (AvgIpc) is 3.40. The predicted molar refractivity (Wildman–Crippen MR) is 139 cm³/mol. The van der Waals surface area contributed by atoms with Gasteiger partial charge in [0.1, 0.15) is 0 Å². The third-order valence-electron chi connectivity index (χ3n) is 4.56. The minimum atomic E-state index is -0.181. The summed E-state index contributed by atoms with van der Waals surface area (Å²) in [5.41, 5.74) is 3.92. The highest BCUT2D eigenvalue weighted by Gasteiger charge is 2.13. The number of anilines is 3. The number of carbonyl (C=O) groups excluding carboxylic acids is 3. The van der Waals surface area contributed by atoms with E-state index >= 15 is 0 Å². The maximum absolute atomic E-state index is 12.4. The molecule has 2 aromatic heterocycles. The topological polar surface area (TPSA) is 113 Å². The Bertz CT molecular complexity index is 1350. The summed E-state index contributed by atoms with van der Waals surface area (Å²) in [6.07, 6.45) is 0.138. The number of hydrogen-bond donors (Lipinski definition) is 3. The van der Waals surface area contributed by atoms with E-state index in [0.29, 0.717) is 22.2 Å². The Morgan fingerprint density at radius 3 is 2.38 bits per heavy atom. The number of hydrogen-bond acceptors (Lipinski definition) is 8. The molecule has 0 aliphatic rings. The highest BCUT2D eigenvalue weighted by Crippen LogP contribution is 2.28. The molecule has 2 heterocycles. The van der Waals surface area contributed by atoms with E-state index in [-0.39, 0.29) is 29.9 Å². The molecule has 0 unspecified atom stereocenters. The molecule has 0 radical (unpaired) electrons. The molecule has 2 aromatic carbocycles. The van der Waals surface area contributed by atoms with Crippen LogP contribution in [0.4, 0.5) is 16.5 Å². The Labute approximate surface area is 208 Å². The van der Waals surface area contributed by atoms with E-state index in [1.54, 1.807) is 24.3 Å². The zero-order valence-corrected chi connectivity index (χ0v) is 20.8. The second-order valence-electron chi connectivity index (χ2n) is 7.37. The minimum Gasteiger partial charge on any atom is -0.326 e. The van der Waals surface area contributed by atoms with Crippen LogP contribution in [0.15, 0.2) is 52.2 Å². The Morgan fingerprint density at radius 2 is 1.68 bits per heavy atom. The van der Waals surface area contributed by atoms with Crippen molar-refractivity contribution in [1.29, 1.82) is 0 Å². The molecule has 8 nitrogen and oxygen atoms in total. The first-order valence-corrected chi connectivity index (χ1v) is 12.9. The first-order chi connectivity index (χ1) is 16.4. The van der Waals surface area contributed by atoms with Gasteiger partial charge in [0.25, 0.3) is 0 Å². The molecule has 11 heteroatoms. The van der Waals surface area contributed by atoms with Gasteiger partial charge in [-0.3, -0.25) is 14.4 Å². The van der Waals surface area contributed by atoms with Crippen molar-refractivity contribution in [2.75, 3.05) is 21.7 Å². The molecule has 0 aliphatic heterocycles. The molecule has 0 saturated heterocycles. The van der Waals surface area contributed by atoms with Crippen molar-refractivity contribution in [3.8, 4) is 0 Å². The fourth-order valence-corrected chi connectivity index (χ4v) is 5.67. The average molecular weight is 512 g/mol. The minimum absolute atomic E-state index is 0.138. The van der Waals surface area contributed by atoms with Crippen LogP contribution in [0.3, 0.4) is 0 Å². The van der Waals surface area contributed by atoms with Crippen LogP contribution in [0, 0.1) is 6.92 Å². The summed E-state index contributed by atoms with van der Waals surface area (Å²) < 4.78 is 1.75. The summed E-state index contributed by atoms with van der Waals surface area (Å²) in [7, 11) is 0. The van der Waals surface area contributed by atoms with Crippen molar-refractivity contribution in [3.05, 3.63) is 59.1 Å². The fourth-order valence-electron chi connectivity index (χ4n) is 3.07. The van der Waals surface area contributed by atoms with Gasteiger partial charge in [-0.05, 0) is 42.8 Å². The third kappa shape index (κ3) is 6.40. The van der Waals surface area contributed by atoms with Crippen LogP contribution >= 0.6 is 34.4 Å². The van der Waals surface area contributed by atoms with Gasteiger partial charge in [-0.1, -0.05) is 35.2 Å². The number of thiazole rings is 2. The zero-order chi connectivity index (χ0) is 24.1. The summed E-state index contributed by atoms with van der Waals surface area (Å²) in [5, 5.41) is 10.7. The molecule has 34 heavy (non-hydrogen) atoms. The van der Waals surface area contributed by atoms with Crippen LogP contribution < -0.4 is 16.0 Å². The number of fused-ring (bicyclic) bond motifs is 1. The van der Waals surface area contributed by atoms with E-state index < -0.39 is 0 Å². The van der Waals surface area contributed by atoms with E-state index in [1.807, 2.05) is 30.5 Å². The Balaban J connectivity index is 1.25. The van der Waals surface area contributed by atoms with Gasteiger partial charge in [0.15, 0.2) is 9.47 Å². The molecule has 3 N–H and O–H groups in total. The second kappa shape index (κ2) is 10.8. The molecular weight excluding hydrogens is 490 g/mol. The lowest BCUT2D eigenvalue weighted by Gasteiger charge is -2.06. The van der Waals surface area contributed by atoms with Gasteiger partial charge >= 0.3 is 0 Å². The quantitative estimate of drug-likeness (QED) is 0.289. The van der Waals surface area contributed by atoms with Crippen molar-refractivity contribution in [2.24, 2.45) is 0 Å². The van der Waals surface area contributed by atoms with E-state index in [2.05, 4.69) is 25.9 Å². The maximum Gasteiger partial charge on any atom is 0.234 e. The molecule has 0 bridgehead atoms. The molecule has 4 rings (SSSR count). The SMILES string of the molecule is CC(=O)Nc1ccc(NC(=O)CSc2nc(CC(=O)Nc3nc4c(C)cccc4s3)cs2)cc1. The first kappa shape index (κ1) is 23.9. The van der Waals surface area contributed by atoms with Gasteiger partial charge in [-0.25, -0.2) is 9.97 Å². The molecule has 3 amide bonds. The van der Waals surface area contributed by atoms with E-state index in [1.165, 1.54) is 41.4 Å². The molecule has 0 atom stereocenters. The number of rotatable bonds is 8. The van der Waals surface area contributed by atoms with Crippen molar-refractivity contribution in [3.63, 3.8) is 0 Å². The summed E-state index contributed by atoms with van der Waals surface area (Å²) >= 11 is 4.15. The molecule has 0 saturated carbocycles. The van der Waals surface area contributed by atoms with Crippen LogP contribution in [-0.2, 0) is 20.8 Å². The van der Waals surface area contributed by atoms with Gasteiger partial charge in [-0.15, -0.1) is 11.3 Å². The molecular formula is C23H21N5O3S3. The number of amides is 3. The summed E-state index contributed by atoms with van der Waals surface area (Å²) in [5.74, 6) is -0.310. The van der Waals surface area contributed by atoms with Crippen molar-refractivity contribution >= 4 is 78.9 Å². The normalized spacial score (nSPS) is 10.8. The van der Waals surface area contributed by atoms with Gasteiger partial charge in [-0.2, -0.15) is 0 Å². The number of aryl methyl sites for hydroxylation is 1. The van der Waals surface area contributed by atoms with Gasteiger partial charge in [0.2, 0.25) is 17.7 Å². The van der Waals surface area contributed by atoms with Crippen molar-refractivity contribution in [2.45, 2.75) is 24.6 Å². The summed E-state index contributed by atoms with van der Waals surface area (Å²) in [4.78, 5) is 44.7. The Morgan fingerprint density at radius 1 is 0.941 bits per heavy atom. The predicted octanol–water partition coefficient (Wildman–Crippen LogP) is 4.93. The van der Waals surface area contributed by atoms with Crippen molar-refractivity contribution in [1.82, 2.24) is 9.97 Å². The number of carbonyl (C=O) groups is 3. The largest absolute Gasteiger partial charge is 0.326 e. The number of thioether (sulfide) groups is 1. The molecule has 0 spiro atoms. The number of aromatic nitrogens is 2. The lowest BCUT2D eigenvalue weighted by atomic mass is 10.2. The molecule has 4 aromatic rings. The van der Waals surface area contributed by atoms with Crippen LogP contribution in [0.5, 0.6) is 0 Å². The second-order valence-corrected chi connectivity index (χ2v) is 10.5. The van der Waals surface area contributed by atoms with Gasteiger partial charge < -0.3 is 16.0 Å². The number of benzene rings is 2. The standard InChI is InChI=1S/C23H21N5O3S3/c1-13-4-3-5-18-21(13)28-22(34-18)27-19(30)10-17-11-32-23(26-17)33-12-20(31)25-16-8-6-15(7-9-16)24-14(2)29/h3-9,11H,10,12H2,1-2H3,(H,24,29)(H,25,31)(H,27,28,30). The summed E-state index contributed by atoms with van der Waals surface area (Å²) in [6, 6.07) is 12.8. The van der Waals surface area contributed by atoms with Gasteiger partial charge in [0, 0.05) is 23.7 Å². The first-order valence-electron chi connectivity index (χ1n) is 10.3.